The van der Waals surface area contributed by atoms with Gasteiger partial charge in [-0.25, -0.2) is 4.58 Å². The SMILES string of the molecule is CC[N+](C)=CC1CCC[C@H]1Oc1ccc2c(c1)CN(C1CCC(=O)NC1=O)C2=O. The zero-order valence-corrected chi connectivity index (χ0v) is 17.0. The first-order valence-electron chi connectivity index (χ1n) is 10.5. The lowest BCUT2D eigenvalue weighted by Gasteiger charge is -2.29. The van der Waals surface area contributed by atoms with Crippen LogP contribution >= 0.6 is 0 Å². The molecular formula is C22H28N3O4+. The molecule has 1 aromatic rings. The topological polar surface area (TPSA) is 78.7 Å². The number of hydrogen-bond acceptors (Lipinski definition) is 4. The standard InChI is InChI=1S/C22H27N3O4/c1-3-24(2)12-14-5-4-6-19(14)29-16-7-8-17-15(11-16)13-25(22(17)28)18-9-10-20(26)23-21(18)27/h7-8,11-12,14,18-19H,3-6,9-10,13H2,1-2H3/p+1/t14?,18?,19-/m1/s1. The number of imide groups is 1. The van der Waals surface area contributed by atoms with Crippen LogP contribution in [0.3, 0.4) is 0 Å². The highest BCUT2D eigenvalue weighted by atomic mass is 16.5. The van der Waals surface area contributed by atoms with Crippen LogP contribution in [-0.2, 0) is 16.1 Å². The van der Waals surface area contributed by atoms with Crippen molar-refractivity contribution in [3.8, 4) is 5.75 Å². The Morgan fingerprint density at radius 2 is 2.07 bits per heavy atom. The van der Waals surface area contributed by atoms with Crippen molar-refractivity contribution in [3.05, 3.63) is 29.3 Å². The smallest absolute Gasteiger partial charge is 0.255 e. The van der Waals surface area contributed by atoms with E-state index in [1.807, 2.05) is 12.1 Å². The van der Waals surface area contributed by atoms with Crippen LogP contribution in [-0.4, -0.2) is 59.1 Å². The Kier molecular flexibility index (Phi) is 5.39. The molecule has 2 heterocycles. The third-order valence-corrected chi connectivity index (χ3v) is 6.23. The van der Waals surface area contributed by atoms with Crippen molar-refractivity contribution in [2.24, 2.45) is 5.92 Å². The summed E-state index contributed by atoms with van der Waals surface area (Å²) in [6.07, 6.45) is 6.34. The summed E-state index contributed by atoms with van der Waals surface area (Å²) in [4.78, 5) is 37.9. The number of carbonyl (C=O) groups is 3. The van der Waals surface area contributed by atoms with Crippen molar-refractivity contribution in [2.75, 3.05) is 13.6 Å². The third kappa shape index (κ3) is 3.91. The van der Waals surface area contributed by atoms with Gasteiger partial charge in [-0.2, -0.15) is 0 Å². The van der Waals surface area contributed by atoms with E-state index < -0.39 is 6.04 Å². The zero-order valence-electron chi connectivity index (χ0n) is 17.0. The molecule has 29 heavy (non-hydrogen) atoms. The van der Waals surface area contributed by atoms with Gasteiger partial charge in [0.15, 0.2) is 0 Å². The molecule has 4 rings (SSSR count). The first-order valence-corrected chi connectivity index (χ1v) is 10.5. The molecule has 0 bridgehead atoms. The Morgan fingerprint density at radius 1 is 1.24 bits per heavy atom. The number of amides is 3. The lowest BCUT2D eigenvalue weighted by molar-refractivity contribution is -0.491. The molecule has 1 aliphatic carbocycles. The monoisotopic (exact) mass is 398 g/mol. The zero-order chi connectivity index (χ0) is 20.5. The van der Waals surface area contributed by atoms with Gasteiger partial charge < -0.3 is 9.64 Å². The van der Waals surface area contributed by atoms with Gasteiger partial charge in [0.05, 0.1) is 5.92 Å². The van der Waals surface area contributed by atoms with Gasteiger partial charge in [0, 0.05) is 18.5 Å². The molecule has 154 valence electrons. The Morgan fingerprint density at radius 3 is 2.83 bits per heavy atom. The molecule has 3 atom stereocenters. The fraction of sp³-hybridized carbons (Fsp3) is 0.545. The molecular weight excluding hydrogens is 370 g/mol. The van der Waals surface area contributed by atoms with Crippen molar-refractivity contribution in [2.45, 2.75) is 57.7 Å². The molecule has 3 amide bonds. The number of ether oxygens (including phenoxy) is 1. The number of rotatable bonds is 5. The average molecular weight is 398 g/mol. The first-order chi connectivity index (χ1) is 14.0. The molecule has 7 heteroatoms. The van der Waals surface area contributed by atoms with Gasteiger partial charge in [0.1, 0.15) is 37.7 Å². The van der Waals surface area contributed by atoms with Crippen molar-refractivity contribution in [3.63, 3.8) is 0 Å². The molecule has 0 radical (unpaired) electrons. The lowest BCUT2D eigenvalue weighted by Crippen LogP contribution is -2.52. The van der Waals surface area contributed by atoms with E-state index in [0.717, 1.165) is 37.1 Å². The molecule has 1 N–H and O–H groups in total. The fourth-order valence-corrected chi connectivity index (χ4v) is 4.50. The Hall–Kier alpha value is -2.70. The van der Waals surface area contributed by atoms with Crippen molar-refractivity contribution < 1.29 is 23.7 Å². The molecule has 1 saturated carbocycles. The number of fused-ring (bicyclic) bond motifs is 1. The second kappa shape index (κ2) is 7.97. The Labute approximate surface area is 170 Å². The second-order valence-electron chi connectivity index (χ2n) is 8.19. The quantitative estimate of drug-likeness (QED) is 0.465. The van der Waals surface area contributed by atoms with E-state index in [0.29, 0.717) is 24.4 Å². The van der Waals surface area contributed by atoms with Gasteiger partial charge in [-0.1, -0.05) is 0 Å². The average Bonchev–Trinajstić information content (AvgIpc) is 3.26. The van der Waals surface area contributed by atoms with E-state index in [-0.39, 0.29) is 30.2 Å². The minimum atomic E-state index is -0.588. The molecule has 2 unspecified atom stereocenters. The van der Waals surface area contributed by atoms with E-state index in [4.69, 9.17) is 4.74 Å². The third-order valence-electron chi connectivity index (χ3n) is 6.23. The second-order valence-corrected chi connectivity index (χ2v) is 8.19. The van der Waals surface area contributed by atoms with Gasteiger partial charge in [0.2, 0.25) is 11.8 Å². The van der Waals surface area contributed by atoms with Crippen LogP contribution in [0.4, 0.5) is 0 Å². The number of carbonyl (C=O) groups excluding carboxylic acids is 3. The Bertz CT molecular complexity index is 879. The fourth-order valence-electron chi connectivity index (χ4n) is 4.50. The molecule has 7 nitrogen and oxygen atoms in total. The van der Waals surface area contributed by atoms with Crippen molar-refractivity contribution in [1.29, 1.82) is 0 Å². The first kappa shape index (κ1) is 19.6. The van der Waals surface area contributed by atoms with Gasteiger partial charge >= 0.3 is 0 Å². The number of nitrogens with zero attached hydrogens (tertiary/aromatic N) is 2. The predicted octanol–water partition coefficient (Wildman–Crippen LogP) is 1.73. The Balaban J connectivity index is 1.48. The maximum Gasteiger partial charge on any atom is 0.255 e. The molecule has 2 aliphatic heterocycles. The van der Waals surface area contributed by atoms with Crippen LogP contribution in [0.2, 0.25) is 0 Å². The largest absolute Gasteiger partial charge is 0.490 e. The molecule has 0 aromatic heterocycles. The number of piperidine rings is 1. The highest BCUT2D eigenvalue weighted by Crippen LogP contribution is 2.33. The highest BCUT2D eigenvalue weighted by Gasteiger charge is 2.39. The van der Waals surface area contributed by atoms with E-state index in [1.54, 1.807) is 11.0 Å². The number of nitrogens with one attached hydrogen (secondary N) is 1. The van der Waals surface area contributed by atoms with Crippen LogP contribution in [0.15, 0.2) is 18.2 Å². The molecule has 1 saturated heterocycles. The molecule has 3 aliphatic rings. The van der Waals surface area contributed by atoms with Crippen LogP contribution in [0.25, 0.3) is 0 Å². The lowest BCUT2D eigenvalue weighted by atomic mass is 10.0. The molecule has 2 fully saturated rings. The summed E-state index contributed by atoms with van der Waals surface area (Å²) in [6, 6.07) is 4.99. The van der Waals surface area contributed by atoms with Crippen molar-refractivity contribution in [1.82, 2.24) is 10.2 Å². The number of benzene rings is 1. The predicted molar refractivity (Wildman–Crippen MR) is 107 cm³/mol. The van der Waals surface area contributed by atoms with E-state index in [2.05, 4.69) is 30.1 Å². The summed E-state index contributed by atoms with van der Waals surface area (Å²) in [6.45, 7) is 3.48. The van der Waals surface area contributed by atoms with Gasteiger partial charge in [0.25, 0.3) is 5.91 Å². The van der Waals surface area contributed by atoms with Crippen LogP contribution in [0.1, 0.15) is 54.9 Å². The van der Waals surface area contributed by atoms with Crippen LogP contribution in [0, 0.1) is 5.92 Å². The minimum absolute atomic E-state index is 0.144. The summed E-state index contributed by atoms with van der Waals surface area (Å²) in [7, 11) is 2.08. The number of hydrogen-bond donors (Lipinski definition) is 1. The van der Waals surface area contributed by atoms with Crippen LogP contribution in [0.5, 0.6) is 5.75 Å². The summed E-state index contributed by atoms with van der Waals surface area (Å²) < 4.78 is 8.50. The van der Waals surface area contributed by atoms with E-state index >= 15 is 0 Å². The van der Waals surface area contributed by atoms with Gasteiger partial charge in [-0.05, 0) is 56.4 Å². The summed E-state index contributed by atoms with van der Waals surface area (Å²) in [5, 5.41) is 2.33. The van der Waals surface area contributed by atoms with E-state index in [9.17, 15) is 14.4 Å². The summed E-state index contributed by atoms with van der Waals surface area (Å²) in [5.41, 5.74) is 1.49. The highest BCUT2D eigenvalue weighted by molar-refractivity contribution is 6.05. The maximum absolute atomic E-state index is 12.8. The normalized spacial score (nSPS) is 27.2. The maximum atomic E-state index is 12.8. The summed E-state index contributed by atoms with van der Waals surface area (Å²) >= 11 is 0. The van der Waals surface area contributed by atoms with Crippen LogP contribution < -0.4 is 10.1 Å². The van der Waals surface area contributed by atoms with Gasteiger partial charge in [-0.15, -0.1) is 0 Å². The molecule has 0 spiro atoms. The molecule has 1 aromatic carbocycles. The minimum Gasteiger partial charge on any atom is -0.490 e. The van der Waals surface area contributed by atoms with E-state index in [1.165, 1.54) is 0 Å². The van der Waals surface area contributed by atoms with Gasteiger partial charge in [-0.3, -0.25) is 19.7 Å². The van der Waals surface area contributed by atoms with Crippen molar-refractivity contribution >= 4 is 23.9 Å². The summed E-state index contributed by atoms with van der Waals surface area (Å²) in [5.74, 6) is 0.352.